The zero-order valence-corrected chi connectivity index (χ0v) is 22.0. The average Bonchev–Trinajstić information content (AvgIpc) is 3.71. The molecule has 0 radical (unpaired) electrons. The van der Waals surface area contributed by atoms with Crippen LogP contribution in [-0.4, -0.2) is 55.1 Å². The predicted octanol–water partition coefficient (Wildman–Crippen LogP) is 5.63. The lowest BCUT2D eigenvalue weighted by Gasteiger charge is -2.23. The van der Waals surface area contributed by atoms with Gasteiger partial charge in [0.15, 0.2) is 5.78 Å². The van der Waals surface area contributed by atoms with Crippen LogP contribution < -0.4 is 10.1 Å². The number of ether oxygens (including phenoxy) is 1. The minimum atomic E-state index is 0.0646. The van der Waals surface area contributed by atoms with E-state index in [1.54, 1.807) is 25.5 Å². The van der Waals surface area contributed by atoms with Crippen LogP contribution in [0.15, 0.2) is 61.1 Å². The highest BCUT2D eigenvalue weighted by atomic mass is 32.1. The molecule has 0 aromatic carbocycles. The highest BCUT2D eigenvalue weighted by molar-refractivity contribution is 7.17. The molecule has 0 bridgehead atoms. The first-order valence-electron chi connectivity index (χ1n) is 12.9. The van der Waals surface area contributed by atoms with Crippen molar-refractivity contribution in [3.8, 4) is 38.8 Å². The van der Waals surface area contributed by atoms with Crippen LogP contribution in [0.25, 0.3) is 55.2 Å². The number of Topliss-reactive ketones (excluding diaryl/α,β-unsaturated/α-hetero) is 1. The summed E-state index contributed by atoms with van der Waals surface area (Å²) >= 11 is 1.49. The molecule has 0 amide bonds. The van der Waals surface area contributed by atoms with Gasteiger partial charge in [0.1, 0.15) is 28.7 Å². The summed E-state index contributed by atoms with van der Waals surface area (Å²) in [5.41, 5.74) is 6.55. The first-order chi connectivity index (χ1) is 19.1. The molecule has 7 heterocycles. The molecule has 6 aromatic heterocycles. The summed E-state index contributed by atoms with van der Waals surface area (Å²) in [6.07, 6.45) is 7.50. The third-order valence-electron chi connectivity index (χ3n) is 7.01. The molecule has 10 heteroatoms. The number of aromatic amines is 2. The van der Waals surface area contributed by atoms with E-state index in [0.29, 0.717) is 5.69 Å². The SMILES string of the molecule is CC(=O)c1ccc(-c2ccnc3[nH]c(-c4n[nH]c5ccc(-c6cncc(OC7CCNCC7)c6)nc45)cc23)s1. The molecular formula is C29H25N7O2S. The van der Waals surface area contributed by atoms with Crippen molar-refractivity contribution in [1.82, 2.24) is 35.5 Å². The van der Waals surface area contributed by atoms with Crippen molar-refractivity contribution in [1.29, 1.82) is 0 Å². The zero-order valence-electron chi connectivity index (χ0n) is 21.2. The standard InChI is InChI=1S/C29H25N7O2S/c1-16(37)25-4-5-26(39-25)20-8-11-32-29-21(20)13-24(34-29)28-27-23(35-36-28)3-2-22(33-27)17-12-19(15-31-14-17)38-18-6-9-30-10-7-18/h2-5,8,11-15,18,30H,6-7,9-10H2,1H3,(H,32,34)(H,35,36). The molecule has 1 aliphatic rings. The van der Waals surface area contributed by atoms with Gasteiger partial charge in [0.2, 0.25) is 0 Å². The Morgan fingerprint density at radius 2 is 1.97 bits per heavy atom. The van der Waals surface area contributed by atoms with Gasteiger partial charge < -0.3 is 15.0 Å². The molecule has 0 unspecified atom stereocenters. The number of ketones is 1. The van der Waals surface area contributed by atoms with Crippen molar-refractivity contribution in [2.45, 2.75) is 25.9 Å². The summed E-state index contributed by atoms with van der Waals surface area (Å²) in [5.74, 6) is 0.819. The van der Waals surface area contributed by atoms with E-state index in [1.165, 1.54) is 11.3 Å². The number of aromatic nitrogens is 6. The number of nitrogens with one attached hydrogen (secondary N) is 3. The van der Waals surface area contributed by atoms with Gasteiger partial charge in [-0.15, -0.1) is 11.3 Å². The Hall–Kier alpha value is -4.41. The molecule has 0 atom stereocenters. The number of hydrogen-bond acceptors (Lipinski definition) is 8. The lowest BCUT2D eigenvalue weighted by Crippen LogP contribution is -2.34. The van der Waals surface area contributed by atoms with Gasteiger partial charge in [0, 0.05) is 33.8 Å². The maximum Gasteiger partial charge on any atom is 0.169 e. The smallest absolute Gasteiger partial charge is 0.169 e. The van der Waals surface area contributed by atoms with Crippen LogP contribution in [0.4, 0.5) is 0 Å². The second-order valence-corrected chi connectivity index (χ2v) is 10.7. The molecule has 1 aliphatic heterocycles. The molecule has 9 nitrogen and oxygen atoms in total. The third kappa shape index (κ3) is 4.47. The zero-order chi connectivity index (χ0) is 26.3. The fraction of sp³-hybridized carbons (Fsp3) is 0.207. The Morgan fingerprint density at radius 1 is 1.08 bits per heavy atom. The van der Waals surface area contributed by atoms with E-state index >= 15 is 0 Å². The van der Waals surface area contributed by atoms with Crippen LogP contribution in [0, 0.1) is 0 Å². The Kier molecular flexibility index (Phi) is 5.90. The molecule has 6 aromatic rings. The summed E-state index contributed by atoms with van der Waals surface area (Å²) < 4.78 is 6.20. The highest BCUT2D eigenvalue weighted by Gasteiger charge is 2.18. The monoisotopic (exact) mass is 535 g/mol. The average molecular weight is 536 g/mol. The number of rotatable bonds is 6. The number of fused-ring (bicyclic) bond motifs is 2. The molecule has 3 N–H and O–H groups in total. The van der Waals surface area contributed by atoms with Crippen molar-refractivity contribution < 1.29 is 9.53 Å². The molecule has 194 valence electrons. The minimum Gasteiger partial charge on any atom is -0.489 e. The van der Waals surface area contributed by atoms with Crippen molar-refractivity contribution in [2.75, 3.05) is 13.1 Å². The summed E-state index contributed by atoms with van der Waals surface area (Å²) in [6, 6.07) is 13.8. The van der Waals surface area contributed by atoms with Crippen LogP contribution in [0.1, 0.15) is 29.4 Å². The largest absolute Gasteiger partial charge is 0.489 e. The first-order valence-corrected chi connectivity index (χ1v) is 13.7. The van der Waals surface area contributed by atoms with Gasteiger partial charge in [-0.3, -0.25) is 14.9 Å². The van der Waals surface area contributed by atoms with E-state index in [4.69, 9.17) is 9.72 Å². The quantitative estimate of drug-likeness (QED) is 0.237. The minimum absolute atomic E-state index is 0.0646. The van der Waals surface area contributed by atoms with Crippen molar-refractivity contribution in [3.05, 3.63) is 65.9 Å². The number of piperidine rings is 1. The second kappa shape index (κ2) is 9.72. The molecular weight excluding hydrogens is 510 g/mol. The van der Waals surface area contributed by atoms with Crippen LogP contribution in [0.3, 0.4) is 0 Å². The van der Waals surface area contributed by atoms with Crippen LogP contribution >= 0.6 is 11.3 Å². The molecule has 0 saturated carbocycles. The lowest BCUT2D eigenvalue weighted by molar-refractivity contribution is 0.102. The van der Waals surface area contributed by atoms with Crippen molar-refractivity contribution in [2.24, 2.45) is 0 Å². The van der Waals surface area contributed by atoms with Gasteiger partial charge in [0.25, 0.3) is 0 Å². The Labute approximate surface area is 227 Å². The van der Waals surface area contributed by atoms with Crippen molar-refractivity contribution >= 4 is 39.2 Å². The van der Waals surface area contributed by atoms with Gasteiger partial charge in [0.05, 0.1) is 28.0 Å². The Morgan fingerprint density at radius 3 is 2.82 bits per heavy atom. The normalized spacial score (nSPS) is 14.3. The molecule has 39 heavy (non-hydrogen) atoms. The highest BCUT2D eigenvalue weighted by Crippen LogP contribution is 2.36. The summed E-state index contributed by atoms with van der Waals surface area (Å²) in [4.78, 5) is 30.9. The van der Waals surface area contributed by atoms with Gasteiger partial charge in [-0.05, 0) is 75.3 Å². The van der Waals surface area contributed by atoms with E-state index in [-0.39, 0.29) is 11.9 Å². The van der Waals surface area contributed by atoms with Gasteiger partial charge >= 0.3 is 0 Å². The summed E-state index contributed by atoms with van der Waals surface area (Å²) in [7, 11) is 0. The molecule has 1 saturated heterocycles. The van der Waals surface area contributed by atoms with Gasteiger partial charge in [-0.1, -0.05) is 0 Å². The fourth-order valence-corrected chi connectivity index (χ4v) is 5.96. The maximum atomic E-state index is 11.8. The first kappa shape index (κ1) is 23.7. The molecule has 7 rings (SSSR count). The van der Waals surface area contributed by atoms with E-state index in [1.807, 2.05) is 42.5 Å². The predicted molar refractivity (Wildman–Crippen MR) is 152 cm³/mol. The van der Waals surface area contributed by atoms with E-state index in [0.717, 1.165) is 86.0 Å². The number of carbonyl (C=O) groups excluding carboxylic acids is 1. The summed E-state index contributed by atoms with van der Waals surface area (Å²) in [5, 5.41) is 12.0. The number of pyridine rings is 3. The number of hydrogen-bond donors (Lipinski definition) is 3. The maximum absolute atomic E-state index is 11.8. The number of carbonyl (C=O) groups is 1. The van der Waals surface area contributed by atoms with Crippen LogP contribution in [0.5, 0.6) is 5.75 Å². The fourth-order valence-electron chi connectivity index (χ4n) is 5.02. The topological polar surface area (TPSA) is 121 Å². The van der Waals surface area contributed by atoms with Gasteiger partial charge in [-0.25, -0.2) is 9.97 Å². The van der Waals surface area contributed by atoms with Crippen LogP contribution in [0.2, 0.25) is 0 Å². The third-order valence-corrected chi connectivity index (χ3v) is 8.23. The van der Waals surface area contributed by atoms with Crippen molar-refractivity contribution in [3.63, 3.8) is 0 Å². The number of H-pyrrole nitrogens is 2. The molecule has 0 spiro atoms. The summed E-state index contributed by atoms with van der Waals surface area (Å²) in [6.45, 7) is 3.53. The number of nitrogens with zero attached hydrogens (tertiary/aromatic N) is 4. The Bertz CT molecular complexity index is 1830. The molecule has 0 aliphatic carbocycles. The lowest BCUT2D eigenvalue weighted by atomic mass is 10.1. The van der Waals surface area contributed by atoms with Gasteiger partial charge in [-0.2, -0.15) is 5.10 Å². The second-order valence-electron chi connectivity index (χ2n) is 9.67. The van der Waals surface area contributed by atoms with E-state index in [9.17, 15) is 4.79 Å². The number of thiophene rings is 1. The van der Waals surface area contributed by atoms with E-state index in [2.05, 4.69) is 30.5 Å². The van der Waals surface area contributed by atoms with Crippen LogP contribution in [-0.2, 0) is 0 Å². The Balaban J connectivity index is 1.25. The molecule has 1 fully saturated rings. The van der Waals surface area contributed by atoms with E-state index < -0.39 is 0 Å².